The lowest BCUT2D eigenvalue weighted by Crippen LogP contribution is -2.40. The van der Waals surface area contributed by atoms with Gasteiger partial charge >= 0.3 is 5.97 Å². The Morgan fingerprint density at radius 2 is 1.88 bits per heavy atom. The highest BCUT2D eigenvalue weighted by molar-refractivity contribution is 7.07. The van der Waals surface area contributed by atoms with Crippen LogP contribution in [0, 0.1) is 11.3 Å². The molecule has 8 nitrogen and oxygen atoms in total. The van der Waals surface area contributed by atoms with E-state index < -0.39 is 12.0 Å². The van der Waals surface area contributed by atoms with Crippen LogP contribution in [-0.4, -0.2) is 24.8 Å². The van der Waals surface area contributed by atoms with Gasteiger partial charge < -0.3 is 14.2 Å². The minimum absolute atomic E-state index is 0.187. The molecule has 206 valence electrons. The molecule has 0 fully saturated rings. The molecule has 5 rings (SSSR count). The van der Waals surface area contributed by atoms with Crippen molar-refractivity contribution in [1.29, 1.82) is 5.26 Å². The molecule has 1 atom stereocenters. The standard InChI is InChI=1S/C31H24ClN3O5S/c1-18-27(30(37)39-3)28(23-15-22(32)12-13-25(23)38-2)35-29(36)26(41-31(35)34-18)14-19-8-6-7-11-24(19)40-17-21-10-5-4-9-20(21)16-33/h4-15,28H,17H2,1-3H3/b26-14-/t28-/m0/s1. The fraction of sp³-hybridized carbons (Fsp3) is 0.161. The summed E-state index contributed by atoms with van der Waals surface area (Å²) in [6.45, 7) is 1.89. The van der Waals surface area contributed by atoms with Crippen LogP contribution in [0.15, 0.2) is 87.8 Å². The van der Waals surface area contributed by atoms with Gasteiger partial charge in [-0.15, -0.1) is 0 Å². The number of halogens is 1. The van der Waals surface area contributed by atoms with Crippen molar-refractivity contribution in [3.8, 4) is 17.6 Å². The molecule has 3 aromatic carbocycles. The van der Waals surface area contributed by atoms with Crippen molar-refractivity contribution in [2.75, 3.05) is 14.2 Å². The third-order valence-corrected chi connectivity index (χ3v) is 7.86. The Morgan fingerprint density at radius 3 is 2.63 bits per heavy atom. The van der Waals surface area contributed by atoms with E-state index in [4.69, 9.17) is 25.8 Å². The highest BCUT2D eigenvalue weighted by Crippen LogP contribution is 2.37. The number of hydrogen-bond acceptors (Lipinski definition) is 8. The van der Waals surface area contributed by atoms with E-state index in [1.54, 1.807) is 49.4 Å². The zero-order valence-corrected chi connectivity index (χ0v) is 24.0. The summed E-state index contributed by atoms with van der Waals surface area (Å²) < 4.78 is 18.6. The van der Waals surface area contributed by atoms with Crippen molar-refractivity contribution in [2.45, 2.75) is 19.6 Å². The smallest absolute Gasteiger partial charge is 0.338 e. The van der Waals surface area contributed by atoms with E-state index in [0.717, 1.165) is 5.56 Å². The van der Waals surface area contributed by atoms with Crippen molar-refractivity contribution in [1.82, 2.24) is 4.57 Å². The molecule has 0 radical (unpaired) electrons. The minimum Gasteiger partial charge on any atom is -0.496 e. The second kappa shape index (κ2) is 11.8. The first kappa shape index (κ1) is 27.9. The monoisotopic (exact) mass is 585 g/mol. The number of esters is 1. The summed E-state index contributed by atoms with van der Waals surface area (Å²) in [6.07, 6.45) is 1.73. The van der Waals surface area contributed by atoms with Gasteiger partial charge in [0.05, 0.1) is 41.7 Å². The second-order valence-electron chi connectivity index (χ2n) is 9.06. The van der Waals surface area contributed by atoms with E-state index in [9.17, 15) is 14.9 Å². The van der Waals surface area contributed by atoms with Crippen molar-refractivity contribution in [3.05, 3.63) is 125 Å². The lowest BCUT2D eigenvalue weighted by Gasteiger charge is -2.25. The number of carbonyl (C=O) groups is 1. The third kappa shape index (κ3) is 5.40. The van der Waals surface area contributed by atoms with Gasteiger partial charge in [-0.1, -0.05) is 59.3 Å². The van der Waals surface area contributed by atoms with Crippen LogP contribution in [0.3, 0.4) is 0 Å². The molecule has 0 unspecified atom stereocenters. The molecule has 0 spiro atoms. The normalized spacial score (nSPS) is 14.6. The minimum atomic E-state index is -0.872. The van der Waals surface area contributed by atoms with Gasteiger partial charge in [0.2, 0.25) is 0 Å². The molecule has 0 N–H and O–H groups in total. The molecular weight excluding hydrogens is 562 g/mol. The summed E-state index contributed by atoms with van der Waals surface area (Å²) in [5.74, 6) is 0.399. The first-order chi connectivity index (χ1) is 19.9. The van der Waals surface area contributed by atoms with Gasteiger partial charge in [-0.05, 0) is 43.3 Å². The maximum Gasteiger partial charge on any atom is 0.338 e. The summed E-state index contributed by atoms with van der Waals surface area (Å²) >= 11 is 7.54. The quantitative estimate of drug-likeness (QED) is 0.296. The van der Waals surface area contributed by atoms with E-state index in [1.165, 1.54) is 30.1 Å². The van der Waals surface area contributed by atoms with Gasteiger partial charge in [0.15, 0.2) is 4.80 Å². The van der Waals surface area contributed by atoms with Crippen LogP contribution in [0.2, 0.25) is 5.02 Å². The first-order valence-corrected chi connectivity index (χ1v) is 13.7. The fourth-order valence-corrected chi connectivity index (χ4v) is 5.91. The zero-order chi connectivity index (χ0) is 29.1. The predicted octanol–water partition coefficient (Wildman–Crippen LogP) is 4.52. The average molecular weight is 586 g/mol. The van der Waals surface area contributed by atoms with Crippen molar-refractivity contribution >= 4 is 35.0 Å². The predicted molar refractivity (Wildman–Crippen MR) is 156 cm³/mol. The molecule has 0 saturated carbocycles. The Kier molecular flexibility index (Phi) is 8.06. The van der Waals surface area contributed by atoms with Crippen molar-refractivity contribution in [3.63, 3.8) is 0 Å². The van der Waals surface area contributed by atoms with Crippen LogP contribution in [-0.2, 0) is 16.1 Å². The number of ether oxygens (including phenoxy) is 3. The molecule has 2 heterocycles. The number of fused-ring (bicyclic) bond motifs is 1. The Labute approximate surface area is 244 Å². The van der Waals surface area contributed by atoms with E-state index in [1.807, 2.05) is 30.3 Å². The van der Waals surface area contributed by atoms with Crippen LogP contribution < -0.4 is 24.4 Å². The Balaban J connectivity index is 1.64. The lowest BCUT2D eigenvalue weighted by molar-refractivity contribution is -0.136. The van der Waals surface area contributed by atoms with Gasteiger partial charge in [-0.3, -0.25) is 9.36 Å². The van der Waals surface area contributed by atoms with Gasteiger partial charge in [0.1, 0.15) is 24.1 Å². The van der Waals surface area contributed by atoms with E-state index in [0.29, 0.717) is 48.2 Å². The summed E-state index contributed by atoms with van der Waals surface area (Å²) in [4.78, 5) is 32.0. The first-order valence-electron chi connectivity index (χ1n) is 12.5. The molecule has 0 bridgehead atoms. The molecule has 10 heteroatoms. The summed E-state index contributed by atoms with van der Waals surface area (Å²) in [5, 5.41) is 9.83. The number of para-hydroxylation sites is 1. The molecule has 1 aromatic heterocycles. The largest absolute Gasteiger partial charge is 0.496 e. The summed E-state index contributed by atoms with van der Waals surface area (Å²) in [5.41, 5.74) is 2.79. The number of methoxy groups -OCH3 is 2. The Hall–Kier alpha value is -4.65. The highest BCUT2D eigenvalue weighted by atomic mass is 35.5. The molecule has 1 aliphatic heterocycles. The van der Waals surface area contributed by atoms with Crippen molar-refractivity contribution < 1.29 is 19.0 Å². The Morgan fingerprint density at radius 1 is 1.12 bits per heavy atom. The Bertz CT molecular complexity index is 1920. The van der Waals surface area contributed by atoms with E-state index in [2.05, 4.69) is 11.1 Å². The molecule has 0 aliphatic carbocycles. The summed E-state index contributed by atoms with van der Waals surface area (Å²) in [7, 11) is 2.79. The van der Waals surface area contributed by atoms with Crippen LogP contribution in [0.5, 0.6) is 11.5 Å². The maximum atomic E-state index is 14.0. The number of nitrogens with zero attached hydrogens (tertiary/aromatic N) is 3. The van der Waals surface area contributed by atoms with Gasteiger partial charge in [0.25, 0.3) is 5.56 Å². The van der Waals surface area contributed by atoms with Gasteiger partial charge in [-0.25, -0.2) is 9.79 Å². The van der Waals surface area contributed by atoms with Gasteiger partial charge in [-0.2, -0.15) is 5.26 Å². The zero-order valence-electron chi connectivity index (χ0n) is 22.4. The average Bonchev–Trinajstić information content (AvgIpc) is 3.29. The molecule has 4 aromatic rings. The van der Waals surface area contributed by atoms with E-state index in [-0.39, 0.29) is 17.7 Å². The molecule has 0 saturated heterocycles. The van der Waals surface area contributed by atoms with Crippen molar-refractivity contribution in [2.24, 2.45) is 4.99 Å². The number of thiazole rings is 1. The SMILES string of the molecule is COC(=O)C1=C(C)N=c2s/c(=C\c3ccccc3OCc3ccccc3C#N)c(=O)n2[C@H]1c1cc(Cl)ccc1OC. The number of hydrogen-bond donors (Lipinski definition) is 0. The second-order valence-corrected chi connectivity index (χ2v) is 10.5. The summed E-state index contributed by atoms with van der Waals surface area (Å²) in [6, 6.07) is 20.9. The van der Waals surface area contributed by atoms with Crippen LogP contribution >= 0.6 is 22.9 Å². The van der Waals surface area contributed by atoms with E-state index >= 15 is 0 Å². The number of rotatable bonds is 7. The van der Waals surface area contributed by atoms with Crippen LogP contribution in [0.4, 0.5) is 0 Å². The molecule has 1 aliphatic rings. The number of benzene rings is 3. The third-order valence-electron chi connectivity index (χ3n) is 6.64. The van der Waals surface area contributed by atoms with Crippen LogP contribution in [0.1, 0.15) is 35.2 Å². The molecule has 0 amide bonds. The number of carbonyl (C=O) groups excluding carboxylic acids is 1. The van der Waals surface area contributed by atoms with Crippen LogP contribution in [0.25, 0.3) is 6.08 Å². The number of nitriles is 1. The fourth-order valence-electron chi connectivity index (χ4n) is 4.69. The topological polar surface area (TPSA) is 103 Å². The number of aromatic nitrogens is 1. The van der Waals surface area contributed by atoms with Gasteiger partial charge in [0, 0.05) is 21.7 Å². The molecule has 41 heavy (non-hydrogen) atoms. The molecular formula is C31H24ClN3O5S. The highest BCUT2D eigenvalue weighted by Gasteiger charge is 2.35. The lowest BCUT2D eigenvalue weighted by atomic mass is 9.95. The number of allylic oxidation sites excluding steroid dienone is 1. The maximum absolute atomic E-state index is 14.0.